The lowest BCUT2D eigenvalue weighted by atomic mass is 9.71. The van der Waals surface area contributed by atoms with E-state index in [9.17, 15) is 4.39 Å². The van der Waals surface area contributed by atoms with Gasteiger partial charge in [-0.3, -0.25) is 4.39 Å². The zero-order chi connectivity index (χ0) is 8.48. The second kappa shape index (κ2) is 3.10. The molecule has 0 amide bonds. The first-order valence-corrected chi connectivity index (χ1v) is 4.35. The van der Waals surface area contributed by atoms with Gasteiger partial charge in [0.2, 0.25) is 0 Å². The molecule has 0 bridgehead atoms. The fourth-order valence-electron chi connectivity index (χ4n) is 2.29. The summed E-state index contributed by atoms with van der Waals surface area (Å²) < 4.78 is 12.3. The number of nitrogens with two attached hydrogens (primary N) is 1. The summed E-state index contributed by atoms with van der Waals surface area (Å²) in [5, 5.41) is 0. The van der Waals surface area contributed by atoms with Crippen molar-refractivity contribution in [3.05, 3.63) is 0 Å². The normalized spacial score (nSPS) is 37.1. The van der Waals surface area contributed by atoms with E-state index >= 15 is 0 Å². The zero-order valence-corrected chi connectivity index (χ0v) is 7.44. The predicted molar refractivity (Wildman–Crippen MR) is 45.1 cm³/mol. The lowest BCUT2D eigenvalue weighted by molar-refractivity contribution is 0.139. The standard InChI is InChI=1S/C9H18FN/c1-9(2)4-7(6-10)3-8(11)5-9/h7-8H,3-6,11H2,1-2H3/t7-,8+/m1/s1. The van der Waals surface area contributed by atoms with E-state index in [0.717, 1.165) is 19.3 Å². The van der Waals surface area contributed by atoms with Crippen LogP contribution in [0.5, 0.6) is 0 Å². The van der Waals surface area contributed by atoms with Crippen molar-refractivity contribution in [2.75, 3.05) is 6.67 Å². The molecular formula is C9H18FN. The molecule has 0 unspecified atom stereocenters. The van der Waals surface area contributed by atoms with Crippen LogP contribution < -0.4 is 5.73 Å². The maximum atomic E-state index is 12.3. The highest BCUT2D eigenvalue weighted by atomic mass is 19.1. The van der Waals surface area contributed by atoms with Crippen molar-refractivity contribution in [1.29, 1.82) is 0 Å². The van der Waals surface area contributed by atoms with Crippen LogP contribution in [0.3, 0.4) is 0 Å². The average Bonchev–Trinajstić information content (AvgIpc) is 1.83. The lowest BCUT2D eigenvalue weighted by Gasteiger charge is -2.37. The molecule has 0 aromatic rings. The van der Waals surface area contributed by atoms with Gasteiger partial charge < -0.3 is 5.73 Å². The number of alkyl halides is 1. The third-order valence-electron chi connectivity index (χ3n) is 2.51. The van der Waals surface area contributed by atoms with Gasteiger partial charge in [-0.2, -0.15) is 0 Å². The van der Waals surface area contributed by atoms with Gasteiger partial charge in [-0.05, 0) is 30.6 Å². The molecule has 0 heterocycles. The minimum Gasteiger partial charge on any atom is -0.328 e. The Hall–Kier alpha value is -0.110. The molecule has 1 aliphatic rings. The van der Waals surface area contributed by atoms with Crippen LogP contribution in [0.15, 0.2) is 0 Å². The number of rotatable bonds is 1. The van der Waals surface area contributed by atoms with Gasteiger partial charge in [0.15, 0.2) is 0 Å². The number of halogens is 1. The van der Waals surface area contributed by atoms with E-state index in [-0.39, 0.29) is 24.0 Å². The molecule has 1 fully saturated rings. The molecule has 0 aliphatic heterocycles. The Morgan fingerprint density at radius 2 is 2.09 bits per heavy atom. The van der Waals surface area contributed by atoms with Crippen LogP contribution in [-0.2, 0) is 0 Å². The highest BCUT2D eigenvalue weighted by Crippen LogP contribution is 2.37. The molecule has 66 valence electrons. The second-order valence-electron chi connectivity index (χ2n) is 4.59. The van der Waals surface area contributed by atoms with E-state index in [1.165, 1.54) is 0 Å². The summed E-state index contributed by atoms with van der Waals surface area (Å²) in [6.45, 7) is 4.15. The molecule has 2 N–H and O–H groups in total. The van der Waals surface area contributed by atoms with Crippen LogP contribution in [0.25, 0.3) is 0 Å². The van der Waals surface area contributed by atoms with Gasteiger partial charge in [-0.1, -0.05) is 13.8 Å². The van der Waals surface area contributed by atoms with Crippen molar-refractivity contribution < 1.29 is 4.39 Å². The van der Waals surface area contributed by atoms with Crippen LogP contribution in [0.2, 0.25) is 0 Å². The van der Waals surface area contributed by atoms with Crippen molar-refractivity contribution in [2.24, 2.45) is 17.1 Å². The fraction of sp³-hybridized carbons (Fsp3) is 1.00. The van der Waals surface area contributed by atoms with E-state index in [1.54, 1.807) is 0 Å². The second-order valence-corrected chi connectivity index (χ2v) is 4.59. The van der Waals surface area contributed by atoms with E-state index < -0.39 is 0 Å². The molecule has 0 spiro atoms. The molecule has 2 heteroatoms. The Bertz CT molecular complexity index is 134. The van der Waals surface area contributed by atoms with Gasteiger partial charge >= 0.3 is 0 Å². The minimum absolute atomic E-state index is 0.197. The molecular weight excluding hydrogens is 141 g/mol. The minimum atomic E-state index is -0.197. The summed E-state index contributed by atoms with van der Waals surface area (Å²) in [7, 11) is 0. The van der Waals surface area contributed by atoms with Crippen LogP contribution >= 0.6 is 0 Å². The Balaban J connectivity index is 2.51. The Morgan fingerprint density at radius 1 is 1.45 bits per heavy atom. The summed E-state index contributed by atoms with van der Waals surface area (Å²) in [5.74, 6) is 0.216. The van der Waals surface area contributed by atoms with Gasteiger partial charge in [-0.25, -0.2) is 0 Å². The number of hydrogen-bond donors (Lipinski definition) is 1. The predicted octanol–water partition coefficient (Wildman–Crippen LogP) is 2.11. The largest absolute Gasteiger partial charge is 0.328 e. The Kier molecular flexibility index (Phi) is 2.53. The van der Waals surface area contributed by atoms with E-state index in [4.69, 9.17) is 5.73 Å². The highest BCUT2D eigenvalue weighted by Gasteiger charge is 2.31. The van der Waals surface area contributed by atoms with Crippen LogP contribution in [-0.4, -0.2) is 12.7 Å². The van der Waals surface area contributed by atoms with E-state index in [2.05, 4.69) is 13.8 Å². The van der Waals surface area contributed by atoms with Crippen molar-refractivity contribution in [3.8, 4) is 0 Å². The van der Waals surface area contributed by atoms with Crippen molar-refractivity contribution in [1.82, 2.24) is 0 Å². The molecule has 0 aromatic heterocycles. The van der Waals surface area contributed by atoms with Crippen molar-refractivity contribution in [2.45, 2.75) is 39.2 Å². The summed E-state index contributed by atoms with van der Waals surface area (Å²) >= 11 is 0. The molecule has 1 aliphatic carbocycles. The summed E-state index contributed by atoms with van der Waals surface area (Å²) in [4.78, 5) is 0. The Labute approximate surface area is 68.2 Å². The summed E-state index contributed by atoms with van der Waals surface area (Å²) in [5.41, 5.74) is 6.07. The SMILES string of the molecule is CC1(C)C[C@@H](N)C[C@@H](CF)C1. The lowest BCUT2D eigenvalue weighted by Crippen LogP contribution is -2.37. The maximum absolute atomic E-state index is 12.3. The molecule has 1 rings (SSSR count). The third-order valence-corrected chi connectivity index (χ3v) is 2.51. The quantitative estimate of drug-likeness (QED) is 0.623. The fourth-order valence-corrected chi connectivity index (χ4v) is 2.29. The first kappa shape index (κ1) is 8.98. The smallest absolute Gasteiger partial charge is 0.0923 e. The zero-order valence-electron chi connectivity index (χ0n) is 7.44. The molecule has 1 saturated carbocycles. The molecule has 0 saturated heterocycles. The topological polar surface area (TPSA) is 26.0 Å². The van der Waals surface area contributed by atoms with Gasteiger partial charge in [-0.15, -0.1) is 0 Å². The Morgan fingerprint density at radius 3 is 2.55 bits per heavy atom. The molecule has 11 heavy (non-hydrogen) atoms. The summed E-state index contributed by atoms with van der Waals surface area (Å²) in [6, 6.07) is 0.222. The summed E-state index contributed by atoms with van der Waals surface area (Å²) in [6.07, 6.45) is 2.92. The van der Waals surface area contributed by atoms with Gasteiger partial charge in [0.1, 0.15) is 0 Å². The first-order chi connectivity index (χ1) is 5.03. The van der Waals surface area contributed by atoms with Gasteiger partial charge in [0.05, 0.1) is 6.67 Å². The highest BCUT2D eigenvalue weighted by molar-refractivity contribution is 4.85. The van der Waals surface area contributed by atoms with Crippen LogP contribution in [0.1, 0.15) is 33.1 Å². The average molecular weight is 159 g/mol. The maximum Gasteiger partial charge on any atom is 0.0923 e. The molecule has 1 nitrogen and oxygen atoms in total. The van der Waals surface area contributed by atoms with Crippen LogP contribution in [0.4, 0.5) is 4.39 Å². The van der Waals surface area contributed by atoms with E-state index in [0.29, 0.717) is 0 Å². The van der Waals surface area contributed by atoms with Crippen LogP contribution in [0, 0.1) is 11.3 Å². The first-order valence-electron chi connectivity index (χ1n) is 4.35. The van der Waals surface area contributed by atoms with Crippen molar-refractivity contribution >= 4 is 0 Å². The molecule has 2 atom stereocenters. The molecule has 0 aromatic carbocycles. The van der Waals surface area contributed by atoms with Gasteiger partial charge in [0.25, 0.3) is 0 Å². The van der Waals surface area contributed by atoms with Crippen molar-refractivity contribution in [3.63, 3.8) is 0 Å². The monoisotopic (exact) mass is 159 g/mol. The molecule has 0 radical (unpaired) electrons. The number of hydrogen-bond acceptors (Lipinski definition) is 1. The van der Waals surface area contributed by atoms with E-state index in [1.807, 2.05) is 0 Å². The van der Waals surface area contributed by atoms with Gasteiger partial charge in [0, 0.05) is 6.04 Å². The third kappa shape index (κ3) is 2.44.